The Bertz CT molecular complexity index is 3250. The van der Waals surface area contributed by atoms with Crippen LogP contribution in [-0.4, -0.2) is 272 Å². The minimum absolute atomic E-state index is 0.00492. The number of hydrogen-bond acceptors (Lipinski definition) is 25. The number of nitrogens with one attached hydrogen (secondary N) is 6. The maximum absolute atomic E-state index is 13.0. The van der Waals surface area contributed by atoms with Gasteiger partial charge in [0.05, 0.1) is 108 Å². The Morgan fingerprint density at radius 3 is 1.15 bits per heavy atom. The van der Waals surface area contributed by atoms with Crippen molar-refractivity contribution in [1.29, 1.82) is 0 Å². The molecule has 0 spiro atoms. The summed E-state index contributed by atoms with van der Waals surface area (Å²) in [6, 6.07) is 10.9. The number of amides is 5. The van der Waals surface area contributed by atoms with Gasteiger partial charge in [-0.15, -0.1) is 0 Å². The molecule has 0 radical (unpaired) electrons. The third kappa shape index (κ3) is 61.9. The van der Waals surface area contributed by atoms with E-state index in [9.17, 15) is 82.4 Å². The number of carbonyl (C=O) groups excluding carboxylic acids is 9. The summed E-state index contributed by atoms with van der Waals surface area (Å²) in [7, 11) is 1.67. The molecule has 0 heterocycles. The molecule has 684 valence electrons. The summed E-state index contributed by atoms with van der Waals surface area (Å²) in [5.74, 6) is -7.94. The van der Waals surface area contributed by atoms with Crippen molar-refractivity contribution >= 4 is 82.5 Å². The molecule has 0 saturated carbocycles. The zero-order valence-corrected chi connectivity index (χ0v) is 70.9. The molecule has 0 aliphatic rings. The van der Waals surface area contributed by atoms with Gasteiger partial charge >= 0.3 is 29.8 Å². The van der Waals surface area contributed by atoms with Gasteiger partial charge in [-0.3, -0.25) is 52.7 Å². The molecule has 2 rings (SSSR count). The Hall–Kier alpha value is -8.94. The number of rotatable bonds is 85. The van der Waals surface area contributed by atoms with Gasteiger partial charge in [0.1, 0.15) is 61.3 Å². The van der Waals surface area contributed by atoms with E-state index in [4.69, 9.17) is 57.6 Å². The Kier molecular flexibility index (Phi) is 64.9. The van der Waals surface area contributed by atoms with Gasteiger partial charge in [-0.1, -0.05) is 70.6 Å². The van der Waals surface area contributed by atoms with Crippen molar-refractivity contribution in [3.05, 3.63) is 59.7 Å². The van der Waals surface area contributed by atoms with Crippen LogP contribution in [0.25, 0.3) is 0 Å². The van der Waals surface area contributed by atoms with Gasteiger partial charge in [-0.25, -0.2) is 14.4 Å². The van der Waals surface area contributed by atoms with Crippen LogP contribution in [0.1, 0.15) is 233 Å². The molecular weight excluding hydrogens is 1580 g/mol. The highest BCUT2D eigenvalue weighted by Gasteiger charge is 2.25. The van der Waals surface area contributed by atoms with Crippen molar-refractivity contribution in [2.75, 3.05) is 152 Å². The second kappa shape index (κ2) is 72.7. The van der Waals surface area contributed by atoms with Crippen LogP contribution in [0, 0.1) is 11.8 Å². The van der Waals surface area contributed by atoms with Gasteiger partial charge in [0.2, 0.25) is 29.5 Å². The van der Waals surface area contributed by atoms with Gasteiger partial charge in [0.25, 0.3) is 0 Å². The van der Waals surface area contributed by atoms with Gasteiger partial charge in [-0.2, -0.15) is 0 Å². The number of likely N-dealkylation sites (N-methyl/N-ethyl adjacent to an activating group) is 1. The molecule has 2 aromatic rings. The molecule has 0 bridgehead atoms. The number of aromatic carboxylic acids is 2. The van der Waals surface area contributed by atoms with Crippen molar-refractivity contribution in [2.24, 2.45) is 11.8 Å². The predicted octanol–water partition coefficient (Wildman–Crippen LogP) is 7.85. The zero-order chi connectivity index (χ0) is 88.6. The smallest absolute Gasteiger partial charge is 0.335 e. The maximum Gasteiger partial charge on any atom is 0.335 e. The number of aliphatic carboxylic acids is 3. The number of Topliss-reactive ketones (excluding diaryl/α,β-unsaturated/α-hetero) is 4. The molecule has 2 aromatic carbocycles. The fourth-order valence-electron chi connectivity index (χ4n) is 12.2. The minimum Gasteiger partial charge on any atom is -0.494 e. The van der Waals surface area contributed by atoms with Crippen molar-refractivity contribution in [2.45, 2.75) is 224 Å². The first kappa shape index (κ1) is 108. The highest BCUT2D eigenvalue weighted by molar-refractivity contribution is 5.89. The third-order valence-electron chi connectivity index (χ3n) is 19.2. The van der Waals surface area contributed by atoms with E-state index >= 15 is 0 Å². The molecule has 35 nitrogen and oxygen atoms in total. The molecule has 11 N–H and O–H groups in total. The summed E-state index contributed by atoms with van der Waals surface area (Å²) >= 11 is 0. The second-order valence-corrected chi connectivity index (χ2v) is 29.3. The van der Waals surface area contributed by atoms with E-state index < -0.39 is 53.8 Å². The summed E-state index contributed by atoms with van der Waals surface area (Å²) in [6.45, 7) is 3.81. The predicted molar refractivity (Wildman–Crippen MR) is 443 cm³/mol. The van der Waals surface area contributed by atoms with E-state index in [1.54, 1.807) is 31.3 Å². The Morgan fingerprint density at radius 1 is 0.289 bits per heavy atom. The molecule has 0 saturated heterocycles. The van der Waals surface area contributed by atoms with Crippen molar-refractivity contribution in [1.82, 2.24) is 31.9 Å². The first-order valence-electron chi connectivity index (χ1n) is 42.8. The van der Waals surface area contributed by atoms with E-state index in [1.165, 1.54) is 24.3 Å². The quantitative estimate of drug-likeness (QED) is 0.0281. The molecule has 0 unspecified atom stereocenters. The number of ether oxygens (including phenoxy) is 10. The van der Waals surface area contributed by atoms with E-state index in [2.05, 4.69) is 31.9 Å². The Morgan fingerprint density at radius 2 is 0.686 bits per heavy atom. The topological polar surface area (TPSA) is 505 Å². The number of carbonyl (C=O) groups is 14. The van der Waals surface area contributed by atoms with E-state index in [-0.39, 0.29) is 240 Å². The molecule has 0 aliphatic heterocycles. The minimum atomic E-state index is -1.20. The van der Waals surface area contributed by atoms with Crippen LogP contribution in [0.2, 0.25) is 0 Å². The van der Waals surface area contributed by atoms with Crippen LogP contribution in [0.15, 0.2) is 48.5 Å². The van der Waals surface area contributed by atoms with Crippen LogP contribution in [0.4, 0.5) is 0 Å². The average Bonchev–Trinajstić information content (AvgIpc) is 0.894. The summed E-state index contributed by atoms with van der Waals surface area (Å²) in [5.41, 5.74) is 0.410. The lowest BCUT2D eigenvalue weighted by molar-refractivity contribution is -0.144. The summed E-state index contributed by atoms with van der Waals surface area (Å²) in [6.07, 6.45) is 17.6. The lowest BCUT2D eigenvalue weighted by atomic mass is 9.93. The second-order valence-electron chi connectivity index (χ2n) is 29.3. The Balaban J connectivity index is 1.34. The van der Waals surface area contributed by atoms with Gasteiger partial charge < -0.3 is 105 Å². The first-order valence-corrected chi connectivity index (χ1v) is 42.8. The number of hydrogen-bond donors (Lipinski definition) is 11. The molecule has 0 aromatic heterocycles. The van der Waals surface area contributed by atoms with E-state index in [0.717, 1.165) is 77.0 Å². The lowest BCUT2D eigenvalue weighted by Crippen LogP contribution is -2.41. The largest absolute Gasteiger partial charge is 0.494 e. The third-order valence-corrected chi connectivity index (χ3v) is 19.2. The van der Waals surface area contributed by atoms with E-state index in [1.807, 2.05) is 0 Å². The maximum atomic E-state index is 13.0. The van der Waals surface area contributed by atoms with Crippen molar-refractivity contribution in [3.63, 3.8) is 0 Å². The Labute approximate surface area is 710 Å². The monoisotopic (exact) mass is 1720 g/mol. The first-order chi connectivity index (χ1) is 58.5. The molecular formula is C86H136N6O29. The summed E-state index contributed by atoms with van der Waals surface area (Å²) in [5, 5.41) is 63.5. The fraction of sp³-hybridized carbons (Fsp3) is 0.698. The molecule has 4 atom stereocenters. The zero-order valence-electron chi connectivity index (χ0n) is 70.9. The van der Waals surface area contributed by atoms with Crippen molar-refractivity contribution < 1.29 is 140 Å². The van der Waals surface area contributed by atoms with Crippen LogP contribution >= 0.6 is 0 Å². The number of benzene rings is 2. The SMILES string of the molecule is CN[C@@H](CCCCNC(=O)COCCOCCCC(=O)COCCOCCNC(=O)CC[C@H](CC(=O)CCCCCCCCCOc1ccc(C(=O)O)cc1)C(=O)O)C(=O)CC[C@@H](CCCCNC(=O)COCCOCCNC(=O)COCCOCCCC(=O)CC[C@H](NC(=O)CCCCCCCCCOc1ccc(C(=O)O)cc1)C(=O)O)C(=O)O. The van der Waals surface area contributed by atoms with Crippen LogP contribution in [0.5, 0.6) is 11.5 Å². The van der Waals surface area contributed by atoms with E-state index in [0.29, 0.717) is 115 Å². The lowest BCUT2D eigenvalue weighted by Gasteiger charge is -2.17. The summed E-state index contributed by atoms with van der Waals surface area (Å²) < 4.78 is 54.7. The molecule has 0 fully saturated rings. The molecule has 35 heteroatoms. The number of carboxylic acid groups (broad SMARTS) is 5. The number of carboxylic acids is 5. The number of unbranched alkanes of at least 4 members (excludes halogenated alkanes) is 14. The van der Waals surface area contributed by atoms with Gasteiger partial charge in [0.15, 0.2) is 5.78 Å². The molecule has 5 amide bonds. The van der Waals surface area contributed by atoms with Crippen LogP contribution in [-0.2, 0) is 95.4 Å². The standard InChI is InChI=1S/C86H136N6O29/c1-87-74(26-15-17-43-89-80(100)62-117-57-53-113-47-21-25-71(95)61-116-56-54-114-50-44-90-77(97)41-33-68(85(108)109)60-70(94)23-12-8-4-2-6-10-18-48-120-72-35-28-66(29-36-72)83(104)105)76(96)40-32-65(82(102)103)22-14-16-42-88-79(99)63-119-59-55-115-51-45-91-81(101)64-118-58-52-112-46-20-24-69(93)34-39-75(86(110)111)92-78(98)27-13-9-5-3-7-11-19-49-121-73-37-30-67(31-38-73)84(106)107/h28-31,35-38,65,68,74-75,87H,2-27,32-34,39-64H2,1H3,(H,88,99)(H,89,100)(H,90,97)(H,91,101)(H,92,98)(H,102,103)(H,104,105)(H,106,107)(H,108,109)(H,110,111)/t65-,68-,74+,75+/m1/s1. The van der Waals surface area contributed by atoms with Crippen molar-refractivity contribution in [3.8, 4) is 11.5 Å². The normalized spacial score (nSPS) is 12.1. The van der Waals surface area contributed by atoms with Gasteiger partial charge in [0, 0.05) is 90.8 Å². The highest BCUT2D eigenvalue weighted by Crippen LogP contribution is 2.21. The number of ketones is 4. The van der Waals surface area contributed by atoms with Crippen LogP contribution in [0.3, 0.4) is 0 Å². The fourth-order valence-corrected chi connectivity index (χ4v) is 12.2. The summed E-state index contributed by atoms with van der Waals surface area (Å²) in [4.78, 5) is 169. The van der Waals surface area contributed by atoms with Gasteiger partial charge in [-0.05, 0) is 145 Å². The molecule has 0 aliphatic carbocycles. The van der Waals surface area contributed by atoms with Crippen LogP contribution < -0.4 is 41.4 Å². The average molecular weight is 1720 g/mol. The highest BCUT2D eigenvalue weighted by atomic mass is 16.5. The molecule has 121 heavy (non-hydrogen) atoms.